The zero-order valence-electron chi connectivity index (χ0n) is 12.6. The lowest BCUT2D eigenvalue weighted by Crippen LogP contribution is -2.23. The fourth-order valence-corrected chi connectivity index (χ4v) is 2.79. The zero-order valence-corrected chi connectivity index (χ0v) is 14.9. The Morgan fingerprint density at radius 1 is 1.05 bits per heavy atom. The van der Waals surface area contributed by atoms with Crippen molar-refractivity contribution in [2.75, 3.05) is 11.9 Å². The van der Waals surface area contributed by atoms with Crippen LogP contribution in [0.5, 0.6) is 0 Å². The summed E-state index contributed by atoms with van der Waals surface area (Å²) in [5, 5.41) is 3.19. The van der Waals surface area contributed by atoms with Crippen LogP contribution in [0, 0.1) is 0 Å². The van der Waals surface area contributed by atoms with Crippen LogP contribution in [0.15, 0.2) is 53.5 Å². The minimum atomic E-state index is 0. The highest BCUT2D eigenvalue weighted by atomic mass is 127. The summed E-state index contributed by atoms with van der Waals surface area (Å²) in [6.45, 7) is 0.702. The van der Waals surface area contributed by atoms with E-state index >= 15 is 0 Å². The predicted octanol–water partition coefficient (Wildman–Crippen LogP) is 3.76. The van der Waals surface area contributed by atoms with E-state index in [0.717, 1.165) is 12.1 Å². The second kappa shape index (κ2) is 8.17. The van der Waals surface area contributed by atoms with Crippen molar-refractivity contribution in [1.82, 2.24) is 0 Å². The minimum Gasteiger partial charge on any atom is -0.370 e. The largest absolute Gasteiger partial charge is 0.370 e. The molecule has 0 saturated carbocycles. The molecule has 0 heterocycles. The first kappa shape index (κ1) is 16.8. The van der Waals surface area contributed by atoms with Gasteiger partial charge in [0.05, 0.1) is 0 Å². The summed E-state index contributed by atoms with van der Waals surface area (Å²) in [5.41, 5.74) is 11.2. The number of nitrogens with zero attached hydrogens (tertiary/aromatic N) is 1. The van der Waals surface area contributed by atoms with Crippen LogP contribution < -0.4 is 11.1 Å². The van der Waals surface area contributed by atoms with Crippen molar-refractivity contribution in [3.63, 3.8) is 0 Å². The van der Waals surface area contributed by atoms with Crippen LogP contribution in [0.25, 0.3) is 0 Å². The fraction of sp³-hybridized carbons (Fsp3) is 0.278. The number of hydrogen-bond acceptors (Lipinski definition) is 1. The maximum Gasteiger partial charge on any atom is 0.193 e. The van der Waals surface area contributed by atoms with E-state index in [4.69, 9.17) is 5.73 Å². The summed E-state index contributed by atoms with van der Waals surface area (Å²) < 4.78 is 0. The molecule has 0 radical (unpaired) electrons. The summed E-state index contributed by atoms with van der Waals surface area (Å²) in [5.74, 6) is 0.490. The van der Waals surface area contributed by atoms with Crippen LogP contribution in [0.3, 0.4) is 0 Å². The maximum absolute atomic E-state index is 5.95. The normalized spacial score (nSPS) is 13.4. The standard InChI is InChI=1S/C18H21N3.HI/c19-18(20-12-11-14-5-2-1-3-6-14)21-17-10-9-15-7-4-8-16(15)13-17;/h1-3,5-6,9-10,13H,4,7-8,11-12H2,(H3,19,20,21);1H. The minimum absolute atomic E-state index is 0. The molecule has 1 aliphatic carbocycles. The van der Waals surface area contributed by atoms with Gasteiger partial charge in [0, 0.05) is 12.2 Å². The Labute approximate surface area is 149 Å². The van der Waals surface area contributed by atoms with Gasteiger partial charge < -0.3 is 11.1 Å². The van der Waals surface area contributed by atoms with Gasteiger partial charge in [0.1, 0.15) is 0 Å². The Morgan fingerprint density at radius 2 is 1.82 bits per heavy atom. The van der Waals surface area contributed by atoms with E-state index in [9.17, 15) is 0 Å². The van der Waals surface area contributed by atoms with Crippen molar-refractivity contribution < 1.29 is 0 Å². The first-order chi connectivity index (χ1) is 10.3. The number of halogens is 1. The zero-order chi connectivity index (χ0) is 14.5. The van der Waals surface area contributed by atoms with E-state index in [2.05, 4.69) is 40.6 Å². The number of aryl methyl sites for hydroxylation is 2. The molecular weight excluding hydrogens is 385 g/mol. The highest BCUT2D eigenvalue weighted by molar-refractivity contribution is 14.0. The molecule has 0 spiro atoms. The van der Waals surface area contributed by atoms with Gasteiger partial charge in [-0.2, -0.15) is 0 Å². The van der Waals surface area contributed by atoms with Gasteiger partial charge in [0.15, 0.2) is 5.96 Å². The highest BCUT2D eigenvalue weighted by Crippen LogP contribution is 2.24. The average Bonchev–Trinajstić information content (AvgIpc) is 2.96. The third-order valence-electron chi connectivity index (χ3n) is 3.90. The molecule has 2 aromatic carbocycles. The SMILES string of the molecule is I.NC(=NCCc1ccccc1)Nc1ccc2c(c1)CCC2. The molecule has 116 valence electrons. The predicted molar refractivity (Wildman–Crippen MR) is 104 cm³/mol. The van der Waals surface area contributed by atoms with Gasteiger partial charge in [-0.3, -0.25) is 4.99 Å². The van der Waals surface area contributed by atoms with Crippen molar-refractivity contribution in [2.45, 2.75) is 25.7 Å². The average molecular weight is 407 g/mol. The maximum atomic E-state index is 5.95. The number of fused-ring (bicyclic) bond motifs is 1. The van der Waals surface area contributed by atoms with E-state index < -0.39 is 0 Å². The van der Waals surface area contributed by atoms with Crippen LogP contribution >= 0.6 is 24.0 Å². The number of guanidine groups is 1. The molecular formula is C18H22IN3. The van der Waals surface area contributed by atoms with Gasteiger partial charge in [-0.1, -0.05) is 36.4 Å². The second-order valence-electron chi connectivity index (χ2n) is 5.46. The molecule has 0 atom stereocenters. The van der Waals surface area contributed by atoms with E-state index in [1.807, 2.05) is 18.2 Å². The number of nitrogens with two attached hydrogens (primary N) is 1. The molecule has 22 heavy (non-hydrogen) atoms. The van der Waals surface area contributed by atoms with Crippen LogP contribution in [0.1, 0.15) is 23.1 Å². The van der Waals surface area contributed by atoms with Crippen LogP contribution in [-0.2, 0) is 19.3 Å². The van der Waals surface area contributed by atoms with E-state index in [-0.39, 0.29) is 24.0 Å². The first-order valence-corrected chi connectivity index (χ1v) is 7.54. The molecule has 0 fully saturated rings. The van der Waals surface area contributed by atoms with Crippen LogP contribution in [0.2, 0.25) is 0 Å². The number of anilines is 1. The molecule has 1 aliphatic rings. The lowest BCUT2D eigenvalue weighted by Gasteiger charge is -2.08. The summed E-state index contributed by atoms with van der Waals surface area (Å²) in [6.07, 6.45) is 4.55. The number of hydrogen-bond donors (Lipinski definition) is 2. The monoisotopic (exact) mass is 407 g/mol. The number of aliphatic imine (C=N–C) groups is 1. The quantitative estimate of drug-likeness (QED) is 0.461. The summed E-state index contributed by atoms with van der Waals surface area (Å²) >= 11 is 0. The summed E-state index contributed by atoms with van der Waals surface area (Å²) in [4.78, 5) is 4.39. The third kappa shape index (κ3) is 4.47. The molecule has 2 aromatic rings. The van der Waals surface area contributed by atoms with E-state index in [1.54, 1.807) is 0 Å². The summed E-state index contributed by atoms with van der Waals surface area (Å²) in [6, 6.07) is 16.8. The fourth-order valence-electron chi connectivity index (χ4n) is 2.79. The second-order valence-corrected chi connectivity index (χ2v) is 5.46. The third-order valence-corrected chi connectivity index (χ3v) is 3.90. The Kier molecular flexibility index (Phi) is 6.24. The van der Waals surface area contributed by atoms with Crippen LogP contribution in [-0.4, -0.2) is 12.5 Å². The van der Waals surface area contributed by atoms with Gasteiger partial charge in [-0.05, 0) is 54.5 Å². The van der Waals surface area contributed by atoms with E-state index in [1.165, 1.54) is 36.0 Å². The van der Waals surface area contributed by atoms with Crippen molar-refractivity contribution in [3.8, 4) is 0 Å². The number of benzene rings is 2. The smallest absolute Gasteiger partial charge is 0.193 e. The molecule has 3 N–H and O–H groups in total. The Bertz CT molecular complexity index is 638. The number of rotatable bonds is 4. The Morgan fingerprint density at radius 3 is 2.64 bits per heavy atom. The molecule has 0 saturated heterocycles. The topological polar surface area (TPSA) is 50.4 Å². The van der Waals surface area contributed by atoms with Gasteiger partial charge >= 0.3 is 0 Å². The molecule has 0 aliphatic heterocycles. The molecule has 3 rings (SSSR count). The van der Waals surface area contributed by atoms with Gasteiger partial charge in [0.2, 0.25) is 0 Å². The van der Waals surface area contributed by atoms with Crippen LogP contribution in [0.4, 0.5) is 5.69 Å². The molecule has 4 heteroatoms. The Hall–Kier alpha value is -1.56. The molecule has 3 nitrogen and oxygen atoms in total. The van der Waals surface area contributed by atoms with Crippen molar-refractivity contribution in [1.29, 1.82) is 0 Å². The molecule has 0 bridgehead atoms. The van der Waals surface area contributed by atoms with Crippen molar-refractivity contribution in [2.24, 2.45) is 10.7 Å². The molecule has 0 aromatic heterocycles. The van der Waals surface area contributed by atoms with Gasteiger partial charge in [0.25, 0.3) is 0 Å². The first-order valence-electron chi connectivity index (χ1n) is 7.54. The number of nitrogens with one attached hydrogen (secondary N) is 1. The Balaban J connectivity index is 0.00000176. The molecule has 0 unspecified atom stereocenters. The van der Waals surface area contributed by atoms with Gasteiger partial charge in [-0.15, -0.1) is 24.0 Å². The lowest BCUT2D eigenvalue weighted by molar-refractivity contribution is 0.912. The van der Waals surface area contributed by atoms with Crippen molar-refractivity contribution in [3.05, 3.63) is 65.2 Å². The lowest BCUT2D eigenvalue weighted by atomic mass is 10.1. The van der Waals surface area contributed by atoms with E-state index in [0.29, 0.717) is 12.5 Å². The van der Waals surface area contributed by atoms with Crippen molar-refractivity contribution >= 4 is 35.6 Å². The highest BCUT2D eigenvalue weighted by Gasteiger charge is 2.10. The molecule has 0 amide bonds. The van der Waals surface area contributed by atoms with Gasteiger partial charge in [-0.25, -0.2) is 0 Å². The summed E-state index contributed by atoms with van der Waals surface area (Å²) in [7, 11) is 0.